The molecule has 5 heteroatoms. The summed E-state index contributed by atoms with van der Waals surface area (Å²) in [7, 11) is 0. The Kier molecular flexibility index (Phi) is 3.32. The molecule has 3 aliphatic heterocycles. The van der Waals surface area contributed by atoms with E-state index in [0.29, 0.717) is 19.3 Å². The standard InChI is InChI=1S/C19H22BNO3/c1-3-8-16(9-4-1)19(17-10-5-2-6-11-17)18-12-7-13-21(18)20(24-19)22-14-15-23-20/h1-6,8-11,18,21H,7,12-15H2/t18-/m1/s1. The minimum atomic E-state index is -1.73. The van der Waals surface area contributed by atoms with Crippen molar-refractivity contribution in [3.8, 4) is 0 Å². The summed E-state index contributed by atoms with van der Waals surface area (Å²) >= 11 is 0. The van der Waals surface area contributed by atoms with Crippen molar-refractivity contribution in [1.29, 1.82) is 0 Å². The van der Waals surface area contributed by atoms with Gasteiger partial charge in [0.05, 0.1) is 6.04 Å². The highest BCUT2D eigenvalue weighted by molar-refractivity contribution is 6.52. The van der Waals surface area contributed by atoms with Gasteiger partial charge in [-0.05, 0) is 17.5 Å². The van der Waals surface area contributed by atoms with Crippen LogP contribution >= 0.6 is 0 Å². The molecule has 1 unspecified atom stereocenters. The van der Waals surface area contributed by atoms with Gasteiger partial charge < -0.3 is 18.8 Å². The van der Waals surface area contributed by atoms with E-state index in [2.05, 4.69) is 60.7 Å². The van der Waals surface area contributed by atoms with Crippen LogP contribution in [0.25, 0.3) is 0 Å². The van der Waals surface area contributed by atoms with Crippen LogP contribution in [0, 0.1) is 0 Å². The second kappa shape index (κ2) is 5.43. The summed E-state index contributed by atoms with van der Waals surface area (Å²) in [4.78, 5) is 1.35. The van der Waals surface area contributed by atoms with E-state index in [4.69, 9.17) is 14.0 Å². The molecule has 24 heavy (non-hydrogen) atoms. The molecular formula is C19H22BNO3. The van der Waals surface area contributed by atoms with E-state index < -0.39 is 12.5 Å². The minimum Gasteiger partial charge on any atom is -0.484 e. The Balaban J connectivity index is 1.73. The lowest BCUT2D eigenvalue weighted by Gasteiger charge is -2.36. The first-order chi connectivity index (χ1) is 11.9. The van der Waals surface area contributed by atoms with Gasteiger partial charge in [0.15, 0.2) is 0 Å². The molecule has 4 nitrogen and oxygen atoms in total. The van der Waals surface area contributed by atoms with Gasteiger partial charge in [-0.3, -0.25) is 0 Å². The highest BCUT2D eigenvalue weighted by Crippen LogP contribution is 2.45. The third-order valence-corrected chi connectivity index (χ3v) is 5.85. The van der Waals surface area contributed by atoms with E-state index in [1.54, 1.807) is 0 Å². The van der Waals surface area contributed by atoms with Crippen molar-refractivity contribution in [2.24, 2.45) is 0 Å². The lowest BCUT2D eigenvalue weighted by atomic mass is 9.79. The van der Waals surface area contributed by atoms with Gasteiger partial charge in [-0.2, -0.15) is 0 Å². The lowest BCUT2D eigenvalue weighted by Crippen LogP contribution is -3.23. The van der Waals surface area contributed by atoms with Crippen molar-refractivity contribution in [3.63, 3.8) is 0 Å². The number of quaternary nitrogens is 1. The van der Waals surface area contributed by atoms with E-state index >= 15 is 0 Å². The van der Waals surface area contributed by atoms with Gasteiger partial charge in [-0.25, -0.2) is 0 Å². The lowest BCUT2D eigenvalue weighted by molar-refractivity contribution is -0.823. The van der Waals surface area contributed by atoms with Crippen molar-refractivity contribution in [2.45, 2.75) is 24.5 Å². The van der Waals surface area contributed by atoms with Crippen molar-refractivity contribution >= 4 is 6.89 Å². The SMILES string of the molecule is c1ccc(C2(c3ccccc3)O[B-]3(OCCO3)[NH+]3CCC[C@@H]32)cc1. The third-order valence-electron chi connectivity index (χ3n) is 5.85. The van der Waals surface area contributed by atoms with Crippen LogP contribution < -0.4 is 4.81 Å². The van der Waals surface area contributed by atoms with Crippen LogP contribution in [-0.2, 0) is 19.6 Å². The van der Waals surface area contributed by atoms with Crippen LogP contribution in [0.2, 0.25) is 0 Å². The maximum absolute atomic E-state index is 6.82. The summed E-state index contributed by atoms with van der Waals surface area (Å²) in [5.74, 6) is 0. The maximum Gasteiger partial charge on any atom is 0.624 e. The smallest absolute Gasteiger partial charge is 0.484 e. The molecule has 1 spiro atoms. The fourth-order valence-electron chi connectivity index (χ4n) is 4.97. The number of fused-ring (bicyclic) bond motifs is 2. The van der Waals surface area contributed by atoms with E-state index in [-0.39, 0.29) is 0 Å². The number of nitrogens with one attached hydrogen (secondary N) is 1. The Hall–Kier alpha value is -1.66. The normalized spacial score (nSPS) is 29.8. The van der Waals surface area contributed by atoms with Crippen LogP contribution in [-0.4, -0.2) is 32.7 Å². The Bertz CT molecular complexity index is 678. The van der Waals surface area contributed by atoms with Crippen LogP contribution in [0.4, 0.5) is 0 Å². The quantitative estimate of drug-likeness (QED) is 0.850. The number of hydrogen-bond donors (Lipinski definition) is 1. The van der Waals surface area contributed by atoms with E-state index in [1.165, 1.54) is 22.4 Å². The van der Waals surface area contributed by atoms with E-state index in [0.717, 1.165) is 13.0 Å². The molecule has 0 aromatic heterocycles. The predicted octanol–water partition coefficient (Wildman–Crippen LogP) is 1.49. The average molecular weight is 323 g/mol. The highest BCUT2D eigenvalue weighted by Gasteiger charge is 2.68. The minimum absolute atomic E-state index is 0.320. The first-order valence-corrected chi connectivity index (χ1v) is 8.94. The number of benzene rings is 2. The van der Waals surface area contributed by atoms with E-state index in [9.17, 15) is 0 Å². The summed E-state index contributed by atoms with van der Waals surface area (Å²) in [5, 5.41) is 0. The Morgan fingerprint density at radius 2 is 1.46 bits per heavy atom. The fourth-order valence-corrected chi connectivity index (χ4v) is 4.97. The molecule has 0 bridgehead atoms. The van der Waals surface area contributed by atoms with Crippen molar-refractivity contribution in [3.05, 3.63) is 71.8 Å². The molecular weight excluding hydrogens is 301 g/mol. The van der Waals surface area contributed by atoms with Crippen molar-refractivity contribution in [2.75, 3.05) is 19.8 Å². The fraction of sp³-hybridized carbons (Fsp3) is 0.368. The second-order valence-corrected chi connectivity index (χ2v) is 6.99. The second-order valence-electron chi connectivity index (χ2n) is 6.99. The summed E-state index contributed by atoms with van der Waals surface area (Å²) in [6.07, 6.45) is 2.30. The molecule has 1 N–H and O–H groups in total. The molecule has 0 saturated carbocycles. The van der Waals surface area contributed by atoms with Crippen LogP contribution in [0.1, 0.15) is 24.0 Å². The molecule has 2 aromatic rings. The molecule has 3 aliphatic rings. The summed E-state index contributed by atoms with van der Waals surface area (Å²) in [6.45, 7) is 0.559. The first-order valence-electron chi connectivity index (χ1n) is 8.94. The summed E-state index contributed by atoms with van der Waals surface area (Å²) < 4.78 is 19.0. The third kappa shape index (κ3) is 1.90. The number of hydrogen-bond acceptors (Lipinski definition) is 3. The molecule has 0 radical (unpaired) electrons. The van der Waals surface area contributed by atoms with Gasteiger partial charge in [-0.15, -0.1) is 0 Å². The molecule has 5 rings (SSSR count). The molecule has 3 saturated heterocycles. The molecule has 124 valence electrons. The Morgan fingerprint density at radius 3 is 2.04 bits per heavy atom. The van der Waals surface area contributed by atoms with Crippen molar-refractivity contribution in [1.82, 2.24) is 0 Å². The van der Waals surface area contributed by atoms with Crippen LogP contribution in [0.3, 0.4) is 0 Å². The number of rotatable bonds is 2. The van der Waals surface area contributed by atoms with Gasteiger partial charge in [0.25, 0.3) is 0 Å². The zero-order valence-corrected chi connectivity index (χ0v) is 13.7. The highest BCUT2D eigenvalue weighted by atomic mass is 16.8. The molecule has 2 aromatic carbocycles. The molecule has 2 atom stereocenters. The summed E-state index contributed by atoms with van der Waals surface area (Å²) in [6, 6.07) is 21.5. The zero-order valence-electron chi connectivity index (χ0n) is 13.7. The summed E-state index contributed by atoms with van der Waals surface area (Å²) in [5.41, 5.74) is 1.88. The van der Waals surface area contributed by atoms with Gasteiger partial charge in [0, 0.05) is 26.2 Å². The molecule has 0 aliphatic carbocycles. The van der Waals surface area contributed by atoms with E-state index in [1.807, 2.05) is 0 Å². The average Bonchev–Trinajstić information content (AvgIpc) is 3.36. The van der Waals surface area contributed by atoms with Crippen LogP contribution in [0.5, 0.6) is 0 Å². The first kappa shape index (κ1) is 14.7. The Morgan fingerprint density at radius 1 is 0.875 bits per heavy atom. The maximum atomic E-state index is 6.82. The largest absolute Gasteiger partial charge is 0.624 e. The predicted molar refractivity (Wildman–Crippen MR) is 91.3 cm³/mol. The van der Waals surface area contributed by atoms with Crippen LogP contribution in [0.15, 0.2) is 60.7 Å². The van der Waals surface area contributed by atoms with Gasteiger partial charge in [-0.1, -0.05) is 60.7 Å². The monoisotopic (exact) mass is 323 g/mol. The van der Waals surface area contributed by atoms with Gasteiger partial charge >= 0.3 is 6.89 Å². The van der Waals surface area contributed by atoms with Crippen molar-refractivity contribution < 1.29 is 18.8 Å². The Labute approximate surface area is 142 Å². The van der Waals surface area contributed by atoms with Gasteiger partial charge in [0.2, 0.25) is 0 Å². The molecule has 3 heterocycles. The zero-order chi connectivity index (χ0) is 16.0. The van der Waals surface area contributed by atoms with Gasteiger partial charge in [0.1, 0.15) is 5.60 Å². The molecule has 3 fully saturated rings. The topological polar surface area (TPSA) is 32.1 Å². The molecule has 0 amide bonds.